The maximum Gasteiger partial charge on any atom is 0.137 e. The predicted molar refractivity (Wildman–Crippen MR) is 79.4 cm³/mol. The van der Waals surface area contributed by atoms with Gasteiger partial charge in [-0.15, -0.1) is 0 Å². The van der Waals surface area contributed by atoms with Gasteiger partial charge in [-0.05, 0) is 59.8 Å². The van der Waals surface area contributed by atoms with Crippen molar-refractivity contribution in [3.05, 3.63) is 27.2 Å². The number of methoxy groups -OCH3 is 1. The first kappa shape index (κ1) is 13.9. The Morgan fingerprint density at radius 2 is 1.94 bits per heavy atom. The van der Waals surface area contributed by atoms with E-state index in [1.165, 1.54) is 42.4 Å². The van der Waals surface area contributed by atoms with Crippen LogP contribution in [0.25, 0.3) is 0 Å². The summed E-state index contributed by atoms with van der Waals surface area (Å²) in [5.41, 5.74) is 10.2. The van der Waals surface area contributed by atoms with Gasteiger partial charge < -0.3 is 10.5 Å². The van der Waals surface area contributed by atoms with Gasteiger partial charge in [-0.3, -0.25) is 0 Å². The molecule has 1 aromatic rings. The van der Waals surface area contributed by atoms with Crippen molar-refractivity contribution in [2.45, 2.75) is 44.9 Å². The summed E-state index contributed by atoms with van der Waals surface area (Å²) >= 11 is 3.63. The number of hydrogen-bond acceptors (Lipinski definition) is 2. The van der Waals surface area contributed by atoms with Crippen LogP contribution in [0.15, 0.2) is 10.5 Å². The molecular weight excluding hydrogens is 290 g/mol. The molecular formula is C15H22BrNO. The molecule has 0 radical (unpaired) electrons. The van der Waals surface area contributed by atoms with Crippen LogP contribution in [-0.2, 0) is 5.41 Å². The van der Waals surface area contributed by atoms with Crippen LogP contribution in [0.5, 0.6) is 5.75 Å². The number of hydrogen-bond donors (Lipinski definition) is 1. The fourth-order valence-corrected chi connectivity index (χ4v) is 4.00. The molecule has 0 atom stereocenters. The summed E-state index contributed by atoms with van der Waals surface area (Å²) in [6.07, 6.45) is 4.89. The lowest BCUT2D eigenvalue weighted by Gasteiger charge is -2.32. The third-order valence-electron chi connectivity index (χ3n) is 4.44. The zero-order valence-corrected chi connectivity index (χ0v) is 13.1. The molecule has 2 N–H and O–H groups in total. The number of ether oxygens (including phenoxy) is 1. The summed E-state index contributed by atoms with van der Waals surface area (Å²) in [6.45, 7) is 5.05. The van der Waals surface area contributed by atoms with Gasteiger partial charge in [0.25, 0.3) is 0 Å². The van der Waals surface area contributed by atoms with E-state index in [9.17, 15) is 0 Å². The van der Waals surface area contributed by atoms with Crippen molar-refractivity contribution in [1.29, 1.82) is 0 Å². The molecule has 0 unspecified atom stereocenters. The van der Waals surface area contributed by atoms with Gasteiger partial charge in [0.05, 0.1) is 11.6 Å². The Hall–Kier alpha value is -0.540. The highest BCUT2D eigenvalue weighted by molar-refractivity contribution is 9.10. The average Bonchev–Trinajstić information content (AvgIpc) is 2.83. The molecule has 0 saturated heterocycles. The van der Waals surface area contributed by atoms with Crippen molar-refractivity contribution in [3.63, 3.8) is 0 Å². The van der Waals surface area contributed by atoms with Gasteiger partial charge >= 0.3 is 0 Å². The predicted octanol–water partition coefficient (Wildman–Crippen LogP) is 3.85. The van der Waals surface area contributed by atoms with Crippen LogP contribution in [0.4, 0.5) is 0 Å². The molecule has 0 amide bonds. The lowest BCUT2D eigenvalue weighted by molar-refractivity contribution is 0.374. The van der Waals surface area contributed by atoms with Gasteiger partial charge in [-0.25, -0.2) is 0 Å². The molecule has 3 heteroatoms. The third kappa shape index (κ3) is 2.08. The zero-order chi connectivity index (χ0) is 13.3. The highest BCUT2D eigenvalue weighted by Gasteiger charge is 2.38. The second-order valence-corrected chi connectivity index (χ2v) is 6.25. The van der Waals surface area contributed by atoms with E-state index in [2.05, 4.69) is 35.8 Å². The summed E-state index contributed by atoms with van der Waals surface area (Å²) in [5.74, 6) is 0.977. The second kappa shape index (κ2) is 5.22. The SMILES string of the molecule is COc1c(Br)cc(C)c(C)c1C1(CN)CCCC1. The minimum Gasteiger partial charge on any atom is -0.495 e. The maximum atomic E-state index is 6.12. The van der Waals surface area contributed by atoms with E-state index in [0.717, 1.165) is 10.2 Å². The number of aryl methyl sites for hydroxylation is 1. The Bertz CT molecular complexity index is 450. The average molecular weight is 312 g/mol. The minimum atomic E-state index is 0.115. The number of benzene rings is 1. The van der Waals surface area contributed by atoms with E-state index >= 15 is 0 Å². The van der Waals surface area contributed by atoms with Crippen LogP contribution in [0.2, 0.25) is 0 Å². The standard InChI is InChI=1S/C15H22BrNO/c1-10-8-12(16)14(18-3)13(11(10)2)15(9-17)6-4-5-7-15/h8H,4-7,9,17H2,1-3H3. The van der Waals surface area contributed by atoms with E-state index in [1.54, 1.807) is 7.11 Å². The van der Waals surface area contributed by atoms with Crippen LogP contribution in [0, 0.1) is 13.8 Å². The van der Waals surface area contributed by atoms with E-state index < -0.39 is 0 Å². The minimum absolute atomic E-state index is 0.115. The molecule has 2 nitrogen and oxygen atoms in total. The Balaban J connectivity index is 2.67. The van der Waals surface area contributed by atoms with Gasteiger partial charge in [0.1, 0.15) is 5.75 Å². The smallest absolute Gasteiger partial charge is 0.137 e. The molecule has 0 heterocycles. The summed E-state index contributed by atoms with van der Waals surface area (Å²) < 4.78 is 6.69. The largest absolute Gasteiger partial charge is 0.495 e. The Morgan fingerprint density at radius 3 is 2.44 bits per heavy atom. The molecule has 1 aliphatic rings. The van der Waals surface area contributed by atoms with Gasteiger partial charge in [-0.2, -0.15) is 0 Å². The summed E-state index contributed by atoms with van der Waals surface area (Å²) in [4.78, 5) is 0. The Kier molecular flexibility index (Phi) is 4.02. The van der Waals surface area contributed by atoms with Crippen molar-refractivity contribution in [2.24, 2.45) is 5.73 Å². The highest BCUT2D eigenvalue weighted by Crippen LogP contribution is 2.48. The van der Waals surface area contributed by atoms with Crippen molar-refractivity contribution in [3.8, 4) is 5.75 Å². The first-order valence-electron chi connectivity index (χ1n) is 6.60. The fraction of sp³-hybridized carbons (Fsp3) is 0.600. The van der Waals surface area contributed by atoms with E-state index in [-0.39, 0.29) is 5.41 Å². The zero-order valence-electron chi connectivity index (χ0n) is 11.5. The Morgan fingerprint density at radius 1 is 1.33 bits per heavy atom. The molecule has 1 aromatic carbocycles. The van der Waals surface area contributed by atoms with Gasteiger partial charge in [-0.1, -0.05) is 12.8 Å². The Labute approximate surface area is 118 Å². The molecule has 0 bridgehead atoms. The topological polar surface area (TPSA) is 35.2 Å². The van der Waals surface area contributed by atoms with E-state index in [4.69, 9.17) is 10.5 Å². The van der Waals surface area contributed by atoms with Crippen molar-refractivity contribution < 1.29 is 4.74 Å². The quantitative estimate of drug-likeness (QED) is 0.920. The van der Waals surface area contributed by atoms with Crippen molar-refractivity contribution in [1.82, 2.24) is 0 Å². The normalized spacial score (nSPS) is 18.1. The molecule has 0 aromatic heterocycles. The lowest BCUT2D eigenvalue weighted by Crippen LogP contribution is -2.33. The summed E-state index contributed by atoms with van der Waals surface area (Å²) in [5, 5.41) is 0. The summed E-state index contributed by atoms with van der Waals surface area (Å²) in [7, 11) is 1.75. The van der Waals surface area contributed by atoms with Crippen LogP contribution in [-0.4, -0.2) is 13.7 Å². The molecule has 0 aliphatic heterocycles. The number of halogens is 1. The van der Waals surface area contributed by atoms with Gasteiger partial charge in [0.2, 0.25) is 0 Å². The monoisotopic (exact) mass is 311 g/mol. The van der Waals surface area contributed by atoms with E-state index in [1.807, 2.05) is 0 Å². The van der Waals surface area contributed by atoms with Crippen LogP contribution in [0.3, 0.4) is 0 Å². The van der Waals surface area contributed by atoms with Gasteiger partial charge in [0, 0.05) is 17.5 Å². The molecule has 18 heavy (non-hydrogen) atoms. The molecule has 0 spiro atoms. The maximum absolute atomic E-state index is 6.12. The van der Waals surface area contributed by atoms with Crippen molar-refractivity contribution in [2.75, 3.05) is 13.7 Å². The summed E-state index contributed by atoms with van der Waals surface area (Å²) in [6, 6.07) is 2.14. The van der Waals surface area contributed by atoms with E-state index in [0.29, 0.717) is 6.54 Å². The van der Waals surface area contributed by atoms with Crippen LogP contribution >= 0.6 is 15.9 Å². The highest BCUT2D eigenvalue weighted by atomic mass is 79.9. The van der Waals surface area contributed by atoms with Crippen molar-refractivity contribution >= 4 is 15.9 Å². The van der Waals surface area contributed by atoms with Crippen LogP contribution in [0.1, 0.15) is 42.4 Å². The number of rotatable bonds is 3. The third-order valence-corrected chi connectivity index (χ3v) is 5.03. The molecule has 1 fully saturated rings. The molecule has 100 valence electrons. The molecule has 1 saturated carbocycles. The second-order valence-electron chi connectivity index (χ2n) is 5.40. The molecule has 2 rings (SSSR count). The first-order valence-corrected chi connectivity index (χ1v) is 7.39. The molecule has 1 aliphatic carbocycles. The fourth-order valence-electron chi connectivity index (χ4n) is 3.30. The van der Waals surface area contributed by atoms with Gasteiger partial charge in [0.15, 0.2) is 0 Å². The lowest BCUT2D eigenvalue weighted by atomic mass is 9.75. The number of nitrogens with two attached hydrogens (primary N) is 1. The first-order chi connectivity index (χ1) is 8.55. The van der Waals surface area contributed by atoms with Crippen LogP contribution < -0.4 is 10.5 Å².